The highest BCUT2D eigenvalue weighted by molar-refractivity contribution is 8.14. The fraction of sp³-hybridized carbons (Fsp3) is 0.286. The first-order chi connectivity index (χ1) is 6.88. The van der Waals surface area contributed by atoms with E-state index in [4.69, 9.17) is 10.7 Å². The Morgan fingerprint density at radius 1 is 1.47 bits per heavy atom. The molecule has 1 aromatic heterocycles. The predicted molar refractivity (Wildman–Crippen MR) is 54.5 cm³/mol. The fourth-order valence-corrected chi connectivity index (χ4v) is 2.96. The minimum atomic E-state index is -3.59. The van der Waals surface area contributed by atoms with Crippen LogP contribution in [0.2, 0.25) is 0 Å². The zero-order valence-corrected chi connectivity index (χ0v) is 9.67. The zero-order valence-electron chi connectivity index (χ0n) is 7.28. The summed E-state index contributed by atoms with van der Waals surface area (Å²) in [5.41, 5.74) is 0. The third kappa shape index (κ3) is 4.76. The fourth-order valence-electron chi connectivity index (χ4n) is 0.746. The predicted octanol–water partition coefficient (Wildman–Crippen LogP) is 2.02. The van der Waals surface area contributed by atoms with E-state index in [-0.39, 0.29) is 16.5 Å². The second-order valence-electron chi connectivity index (χ2n) is 2.53. The number of thioether (sulfide) groups is 1. The minimum absolute atomic E-state index is 0.0447. The van der Waals surface area contributed by atoms with Crippen LogP contribution in [-0.4, -0.2) is 24.9 Å². The molecule has 0 amide bonds. The van der Waals surface area contributed by atoms with Crippen LogP contribution in [-0.2, 0) is 9.05 Å². The standard InChI is InChI=1S/C7H6ClF2NO2S2/c8-15(12,13)2-1-14-7-6(10)3-5(9)4-11-7/h3-4H,1-2H2. The van der Waals surface area contributed by atoms with Crippen LogP contribution in [0.1, 0.15) is 0 Å². The molecule has 0 aromatic carbocycles. The van der Waals surface area contributed by atoms with Gasteiger partial charge in [-0.1, -0.05) is 0 Å². The van der Waals surface area contributed by atoms with Gasteiger partial charge in [-0.3, -0.25) is 0 Å². The summed E-state index contributed by atoms with van der Waals surface area (Å²) in [6.45, 7) is 0. The van der Waals surface area contributed by atoms with Gasteiger partial charge in [0.15, 0.2) is 5.82 Å². The largest absolute Gasteiger partial charge is 0.244 e. The van der Waals surface area contributed by atoms with Crippen LogP contribution < -0.4 is 0 Å². The molecule has 84 valence electrons. The minimum Gasteiger partial charge on any atom is -0.244 e. The third-order valence-electron chi connectivity index (χ3n) is 1.34. The normalized spacial score (nSPS) is 11.7. The molecule has 0 atom stereocenters. The van der Waals surface area contributed by atoms with Crippen molar-refractivity contribution in [1.82, 2.24) is 4.98 Å². The molecule has 0 fully saturated rings. The van der Waals surface area contributed by atoms with Crippen molar-refractivity contribution >= 4 is 31.5 Å². The second-order valence-corrected chi connectivity index (χ2v) is 6.51. The van der Waals surface area contributed by atoms with Gasteiger partial charge < -0.3 is 0 Å². The van der Waals surface area contributed by atoms with Gasteiger partial charge in [0, 0.05) is 22.5 Å². The summed E-state index contributed by atoms with van der Waals surface area (Å²) < 4.78 is 46.5. The van der Waals surface area contributed by atoms with Gasteiger partial charge in [-0.2, -0.15) is 0 Å². The summed E-state index contributed by atoms with van der Waals surface area (Å²) in [6, 6.07) is 0.685. The first-order valence-corrected chi connectivity index (χ1v) is 7.21. The quantitative estimate of drug-likeness (QED) is 0.622. The molecule has 0 unspecified atom stereocenters. The lowest BCUT2D eigenvalue weighted by molar-refractivity contribution is 0.548. The number of hydrogen-bond donors (Lipinski definition) is 0. The Balaban J connectivity index is 2.59. The SMILES string of the molecule is O=S(=O)(Cl)CCSc1ncc(F)cc1F. The molecule has 1 rings (SSSR count). The molecule has 3 nitrogen and oxygen atoms in total. The highest BCUT2D eigenvalue weighted by Gasteiger charge is 2.09. The van der Waals surface area contributed by atoms with Gasteiger partial charge >= 0.3 is 0 Å². The first kappa shape index (κ1) is 12.7. The molecule has 0 saturated heterocycles. The van der Waals surface area contributed by atoms with Crippen LogP contribution in [0.25, 0.3) is 0 Å². The smallest absolute Gasteiger partial charge is 0.233 e. The van der Waals surface area contributed by atoms with Crippen molar-refractivity contribution in [3.05, 3.63) is 23.9 Å². The van der Waals surface area contributed by atoms with Crippen molar-refractivity contribution in [2.24, 2.45) is 0 Å². The van der Waals surface area contributed by atoms with Gasteiger partial charge in [0.2, 0.25) is 9.05 Å². The highest BCUT2D eigenvalue weighted by atomic mass is 35.7. The van der Waals surface area contributed by atoms with Crippen LogP contribution in [0.5, 0.6) is 0 Å². The van der Waals surface area contributed by atoms with E-state index in [9.17, 15) is 17.2 Å². The average Bonchev–Trinajstić information content (AvgIpc) is 2.07. The molecular weight excluding hydrogens is 268 g/mol. The van der Waals surface area contributed by atoms with E-state index in [1.807, 2.05) is 0 Å². The lowest BCUT2D eigenvalue weighted by Crippen LogP contribution is -2.00. The third-order valence-corrected chi connectivity index (χ3v) is 3.74. The Kier molecular flexibility index (Phi) is 4.30. The van der Waals surface area contributed by atoms with Crippen molar-refractivity contribution in [3.63, 3.8) is 0 Å². The molecule has 1 aromatic rings. The molecule has 0 radical (unpaired) electrons. The number of rotatable bonds is 4. The summed E-state index contributed by atoms with van der Waals surface area (Å²) in [5.74, 6) is -1.81. The van der Waals surface area contributed by atoms with E-state index >= 15 is 0 Å². The van der Waals surface area contributed by atoms with Crippen LogP contribution in [0, 0.1) is 11.6 Å². The summed E-state index contributed by atoms with van der Waals surface area (Å²) in [4.78, 5) is 3.47. The van der Waals surface area contributed by atoms with Crippen LogP contribution in [0.3, 0.4) is 0 Å². The Hall–Kier alpha value is -0.400. The molecule has 1 heterocycles. The van der Waals surface area contributed by atoms with Crippen molar-refractivity contribution in [3.8, 4) is 0 Å². The molecule has 0 aliphatic rings. The number of nitrogens with zero attached hydrogens (tertiary/aromatic N) is 1. The average molecular weight is 274 g/mol. The molecule has 0 N–H and O–H groups in total. The second kappa shape index (κ2) is 5.09. The molecular formula is C7H6ClF2NO2S2. The maximum atomic E-state index is 13.0. The summed E-state index contributed by atoms with van der Waals surface area (Å²) in [5, 5.41) is -0.0447. The monoisotopic (exact) mass is 273 g/mol. The van der Waals surface area contributed by atoms with Gasteiger partial charge in [-0.25, -0.2) is 22.2 Å². The van der Waals surface area contributed by atoms with Gasteiger partial charge in [-0.15, -0.1) is 11.8 Å². The lowest BCUT2D eigenvalue weighted by atomic mass is 10.5. The number of pyridine rings is 1. The summed E-state index contributed by atoms with van der Waals surface area (Å²) in [6.07, 6.45) is 0.862. The van der Waals surface area contributed by atoms with E-state index in [1.54, 1.807) is 0 Å². The van der Waals surface area contributed by atoms with Gasteiger partial charge in [0.1, 0.15) is 10.8 Å². The van der Waals surface area contributed by atoms with Crippen LogP contribution >= 0.6 is 22.4 Å². The molecule has 0 aliphatic carbocycles. The van der Waals surface area contributed by atoms with Crippen molar-refractivity contribution < 1.29 is 17.2 Å². The van der Waals surface area contributed by atoms with E-state index in [2.05, 4.69) is 4.98 Å². The van der Waals surface area contributed by atoms with Crippen molar-refractivity contribution in [1.29, 1.82) is 0 Å². The molecule has 0 aliphatic heterocycles. The number of hydrogen-bond acceptors (Lipinski definition) is 4. The Labute approximate surface area is 94.3 Å². The molecule has 8 heteroatoms. The first-order valence-electron chi connectivity index (χ1n) is 3.74. The van der Waals surface area contributed by atoms with Gasteiger partial charge in [-0.05, 0) is 0 Å². The molecule has 15 heavy (non-hydrogen) atoms. The molecule has 0 saturated carbocycles. The topological polar surface area (TPSA) is 47.0 Å². The Bertz CT molecular complexity index is 452. The lowest BCUT2D eigenvalue weighted by Gasteiger charge is -2.00. The number of halogens is 3. The highest BCUT2D eigenvalue weighted by Crippen LogP contribution is 2.19. The summed E-state index contributed by atoms with van der Waals surface area (Å²) in [7, 11) is 1.36. The van der Waals surface area contributed by atoms with E-state index in [0.29, 0.717) is 6.07 Å². The van der Waals surface area contributed by atoms with Crippen molar-refractivity contribution in [2.75, 3.05) is 11.5 Å². The zero-order chi connectivity index (χ0) is 11.5. The molecule has 0 bridgehead atoms. The van der Waals surface area contributed by atoms with Crippen molar-refractivity contribution in [2.45, 2.75) is 5.03 Å². The van der Waals surface area contributed by atoms with E-state index in [1.165, 1.54) is 0 Å². The van der Waals surface area contributed by atoms with E-state index < -0.39 is 20.7 Å². The maximum Gasteiger partial charge on any atom is 0.233 e. The number of aromatic nitrogens is 1. The maximum absolute atomic E-state index is 13.0. The Morgan fingerprint density at radius 3 is 2.67 bits per heavy atom. The Morgan fingerprint density at radius 2 is 2.13 bits per heavy atom. The summed E-state index contributed by atoms with van der Waals surface area (Å²) >= 11 is 0.866. The van der Waals surface area contributed by atoms with Gasteiger partial charge in [0.05, 0.1) is 11.9 Å². The van der Waals surface area contributed by atoms with Gasteiger partial charge in [0.25, 0.3) is 0 Å². The molecule has 0 spiro atoms. The van der Waals surface area contributed by atoms with E-state index in [0.717, 1.165) is 18.0 Å². The van der Waals surface area contributed by atoms with Crippen LogP contribution in [0.4, 0.5) is 8.78 Å². The van der Waals surface area contributed by atoms with Crippen LogP contribution in [0.15, 0.2) is 17.3 Å².